The molecule has 0 aliphatic carbocycles. The van der Waals surface area contributed by atoms with Crippen molar-refractivity contribution in [2.45, 2.75) is 19.5 Å². The normalized spacial score (nSPS) is 13.3. The fourth-order valence-electron chi connectivity index (χ4n) is 2.27. The van der Waals surface area contributed by atoms with E-state index in [2.05, 4.69) is 20.6 Å². The van der Waals surface area contributed by atoms with Crippen LogP contribution in [0, 0.1) is 0 Å². The summed E-state index contributed by atoms with van der Waals surface area (Å²) in [7, 11) is 0. The number of aromatic amines is 1. The van der Waals surface area contributed by atoms with Crippen molar-refractivity contribution < 1.29 is 4.79 Å². The lowest BCUT2D eigenvalue weighted by molar-refractivity contribution is 0.0954. The van der Waals surface area contributed by atoms with Crippen LogP contribution in [0.25, 0.3) is 0 Å². The van der Waals surface area contributed by atoms with Gasteiger partial charge in [0.25, 0.3) is 5.91 Å². The largest absolute Gasteiger partial charge is 0.352 e. The van der Waals surface area contributed by atoms with Gasteiger partial charge in [-0.1, -0.05) is 6.07 Å². The van der Waals surface area contributed by atoms with Gasteiger partial charge >= 0.3 is 0 Å². The van der Waals surface area contributed by atoms with Crippen LogP contribution in [0.15, 0.2) is 30.7 Å². The Labute approximate surface area is 111 Å². The van der Waals surface area contributed by atoms with Crippen molar-refractivity contribution in [1.82, 2.24) is 20.6 Å². The fourth-order valence-corrected chi connectivity index (χ4v) is 2.27. The predicted octanol–water partition coefficient (Wildman–Crippen LogP) is 0.985. The maximum Gasteiger partial charge on any atom is 0.251 e. The number of hydrogen-bond acceptors (Lipinski definition) is 3. The second-order valence-electron chi connectivity index (χ2n) is 4.67. The summed E-state index contributed by atoms with van der Waals surface area (Å²) in [5, 5.41) is 6.19. The highest BCUT2D eigenvalue weighted by atomic mass is 16.1. The summed E-state index contributed by atoms with van der Waals surface area (Å²) in [4.78, 5) is 19.0. The molecule has 3 rings (SSSR count). The van der Waals surface area contributed by atoms with Crippen LogP contribution in [0.4, 0.5) is 0 Å². The third kappa shape index (κ3) is 2.66. The molecule has 0 atom stereocenters. The topological polar surface area (TPSA) is 69.8 Å². The summed E-state index contributed by atoms with van der Waals surface area (Å²) < 4.78 is 0. The van der Waals surface area contributed by atoms with Gasteiger partial charge in [-0.2, -0.15) is 0 Å². The molecule has 2 heterocycles. The molecule has 1 aliphatic rings. The molecule has 1 aromatic heterocycles. The van der Waals surface area contributed by atoms with Crippen molar-refractivity contribution in [2.75, 3.05) is 6.54 Å². The number of hydrogen-bond donors (Lipinski definition) is 3. The molecule has 0 bridgehead atoms. The quantitative estimate of drug-likeness (QED) is 0.764. The number of aromatic nitrogens is 2. The Morgan fingerprint density at radius 3 is 3.05 bits per heavy atom. The number of carbonyl (C=O) groups excluding carboxylic acids is 1. The summed E-state index contributed by atoms with van der Waals surface area (Å²) in [5.41, 5.74) is 4.26. The second kappa shape index (κ2) is 5.24. The van der Waals surface area contributed by atoms with E-state index in [0.29, 0.717) is 6.54 Å². The van der Waals surface area contributed by atoms with E-state index in [4.69, 9.17) is 0 Å². The third-order valence-corrected chi connectivity index (χ3v) is 3.33. The van der Waals surface area contributed by atoms with Gasteiger partial charge in [-0.25, -0.2) is 4.98 Å². The molecular weight excluding hydrogens is 240 g/mol. The van der Waals surface area contributed by atoms with Gasteiger partial charge < -0.3 is 15.6 Å². The Hall–Kier alpha value is -2.14. The SMILES string of the molecule is O=C(NCCc1cnc[nH]1)c1ccc2c(c1)CNC2. The van der Waals surface area contributed by atoms with Crippen molar-refractivity contribution in [3.63, 3.8) is 0 Å². The van der Waals surface area contributed by atoms with Crippen LogP contribution in [0.3, 0.4) is 0 Å². The van der Waals surface area contributed by atoms with Crippen LogP contribution in [-0.2, 0) is 19.5 Å². The van der Waals surface area contributed by atoms with Crippen LogP contribution < -0.4 is 10.6 Å². The number of benzene rings is 1. The standard InChI is InChI=1S/C14H16N4O/c19-14(17-4-3-13-8-16-9-18-13)10-1-2-11-6-15-7-12(11)5-10/h1-2,5,8-9,15H,3-4,6-7H2,(H,16,18)(H,17,19). The monoisotopic (exact) mass is 256 g/mol. The van der Waals surface area contributed by atoms with Crippen molar-refractivity contribution in [3.05, 3.63) is 53.1 Å². The maximum atomic E-state index is 12.0. The molecule has 0 unspecified atom stereocenters. The minimum absolute atomic E-state index is 0.0192. The van der Waals surface area contributed by atoms with Gasteiger partial charge in [-0.3, -0.25) is 4.79 Å². The molecule has 0 saturated heterocycles. The van der Waals surface area contributed by atoms with Gasteiger partial charge in [0, 0.05) is 43.5 Å². The molecule has 5 nitrogen and oxygen atoms in total. The Morgan fingerprint density at radius 1 is 1.32 bits per heavy atom. The zero-order chi connectivity index (χ0) is 13.1. The Morgan fingerprint density at radius 2 is 2.21 bits per heavy atom. The van der Waals surface area contributed by atoms with Crippen molar-refractivity contribution in [2.24, 2.45) is 0 Å². The molecule has 0 saturated carbocycles. The minimum Gasteiger partial charge on any atom is -0.352 e. The van der Waals surface area contributed by atoms with Gasteiger partial charge in [-0.15, -0.1) is 0 Å². The molecular formula is C14H16N4O. The van der Waals surface area contributed by atoms with E-state index in [1.54, 1.807) is 12.5 Å². The van der Waals surface area contributed by atoms with Crippen LogP contribution >= 0.6 is 0 Å². The first-order valence-corrected chi connectivity index (χ1v) is 6.41. The number of H-pyrrole nitrogens is 1. The summed E-state index contributed by atoms with van der Waals surface area (Å²) in [6.07, 6.45) is 4.18. The van der Waals surface area contributed by atoms with Crippen LogP contribution in [-0.4, -0.2) is 22.4 Å². The van der Waals surface area contributed by atoms with E-state index in [9.17, 15) is 4.79 Å². The third-order valence-electron chi connectivity index (χ3n) is 3.33. The van der Waals surface area contributed by atoms with E-state index in [-0.39, 0.29) is 5.91 Å². The minimum atomic E-state index is -0.0192. The number of imidazole rings is 1. The van der Waals surface area contributed by atoms with Crippen LogP contribution in [0.5, 0.6) is 0 Å². The van der Waals surface area contributed by atoms with Gasteiger partial charge in [-0.05, 0) is 23.3 Å². The molecule has 2 aromatic rings. The van der Waals surface area contributed by atoms with Crippen LogP contribution in [0.2, 0.25) is 0 Å². The summed E-state index contributed by atoms with van der Waals surface area (Å²) in [5.74, 6) is -0.0192. The lowest BCUT2D eigenvalue weighted by atomic mass is 10.1. The fraction of sp³-hybridized carbons (Fsp3) is 0.286. The van der Waals surface area contributed by atoms with Gasteiger partial charge in [0.15, 0.2) is 0 Å². The summed E-state index contributed by atoms with van der Waals surface area (Å²) in [6, 6.07) is 5.89. The Bertz CT molecular complexity index is 577. The molecule has 0 fully saturated rings. The average molecular weight is 256 g/mol. The van der Waals surface area contributed by atoms with Gasteiger partial charge in [0.1, 0.15) is 0 Å². The highest BCUT2D eigenvalue weighted by Gasteiger charge is 2.13. The van der Waals surface area contributed by atoms with Crippen molar-refractivity contribution >= 4 is 5.91 Å². The highest BCUT2D eigenvalue weighted by Crippen LogP contribution is 2.16. The molecule has 1 amide bonds. The van der Waals surface area contributed by atoms with Crippen LogP contribution in [0.1, 0.15) is 27.2 Å². The predicted molar refractivity (Wildman–Crippen MR) is 71.6 cm³/mol. The molecule has 19 heavy (non-hydrogen) atoms. The van der Waals surface area contributed by atoms with E-state index < -0.39 is 0 Å². The molecule has 3 N–H and O–H groups in total. The number of nitrogens with one attached hydrogen (secondary N) is 3. The summed E-state index contributed by atoms with van der Waals surface area (Å²) in [6.45, 7) is 2.36. The van der Waals surface area contributed by atoms with E-state index in [0.717, 1.165) is 30.8 Å². The molecule has 1 aromatic carbocycles. The molecule has 5 heteroatoms. The number of fused-ring (bicyclic) bond motifs is 1. The lowest BCUT2D eigenvalue weighted by Gasteiger charge is -2.06. The number of rotatable bonds is 4. The molecule has 98 valence electrons. The smallest absolute Gasteiger partial charge is 0.251 e. The first-order valence-electron chi connectivity index (χ1n) is 6.41. The zero-order valence-electron chi connectivity index (χ0n) is 10.6. The lowest BCUT2D eigenvalue weighted by Crippen LogP contribution is -2.25. The van der Waals surface area contributed by atoms with E-state index in [1.807, 2.05) is 18.2 Å². The first-order chi connectivity index (χ1) is 9.33. The Kier molecular flexibility index (Phi) is 3.29. The number of nitrogens with zero attached hydrogens (tertiary/aromatic N) is 1. The molecule has 0 spiro atoms. The van der Waals surface area contributed by atoms with E-state index >= 15 is 0 Å². The van der Waals surface area contributed by atoms with E-state index in [1.165, 1.54) is 11.1 Å². The highest BCUT2D eigenvalue weighted by molar-refractivity contribution is 5.94. The second-order valence-corrected chi connectivity index (χ2v) is 4.67. The Balaban J connectivity index is 1.58. The zero-order valence-corrected chi connectivity index (χ0v) is 10.6. The van der Waals surface area contributed by atoms with Gasteiger partial charge in [0.05, 0.1) is 6.33 Å². The first kappa shape index (κ1) is 11.9. The number of amides is 1. The maximum absolute atomic E-state index is 12.0. The molecule has 0 radical (unpaired) electrons. The number of carbonyl (C=O) groups is 1. The average Bonchev–Trinajstić information content (AvgIpc) is 3.08. The van der Waals surface area contributed by atoms with Crippen molar-refractivity contribution in [3.8, 4) is 0 Å². The van der Waals surface area contributed by atoms with Gasteiger partial charge in [0.2, 0.25) is 0 Å². The molecule has 1 aliphatic heterocycles. The van der Waals surface area contributed by atoms with Crippen molar-refractivity contribution in [1.29, 1.82) is 0 Å². The summed E-state index contributed by atoms with van der Waals surface area (Å²) >= 11 is 0.